The summed E-state index contributed by atoms with van der Waals surface area (Å²) in [5.41, 5.74) is 4.08. The van der Waals surface area contributed by atoms with E-state index in [-0.39, 0.29) is 5.91 Å². The molecule has 1 N–H and O–H groups in total. The Balaban J connectivity index is 1.99. The summed E-state index contributed by atoms with van der Waals surface area (Å²) in [7, 11) is 0. The number of nitrogens with zero attached hydrogens (tertiary/aromatic N) is 2. The molecule has 4 heteroatoms. The van der Waals surface area contributed by atoms with Crippen molar-refractivity contribution < 1.29 is 4.79 Å². The molecule has 0 spiro atoms. The Kier molecular flexibility index (Phi) is 3.03. The number of rotatable bonds is 1. The van der Waals surface area contributed by atoms with Crippen LogP contribution in [0.3, 0.4) is 0 Å². The van der Waals surface area contributed by atoms with E-state index in [9.17, 15) is 4.79 Å². The van der Waals surface area contributed by atoms with Crippen LogP contribution in [0, 0.1) is 11.3 Å². The predicted octanol–water partition coefficient (Wildman–Crippen LogP) is 2.68. The fourth-order valence-electron chi connectivity index (χ4n) is 2.66. The zero-order valence-corrected chi connectivity index (χ0v) is 11.3. The third-order valence-electron chi connectivity index (χ3n) is 3.81. The number of nitriles is 1. The zero-order valence-electron chi connectivity index (χ0n) is 11.3. The molecule has 0 atom stereocenters. The summed E-state index contributed by atoms with van der Waals surface area (Å²) in [5, 5.41) is 10.1. The maximum absolute atomic E-state index is 11.3. The van der Waals surface area contributed by atoms with Crippen molar-refractivity contribution in [1.29, 1.82) is 5.26 Å². The van der Waals surface area contributed by atoms with Gasteiger partial charge in [0.1, 0.15) is 0 Å². The van der Waals surface area contributed by atoms with Gasteiger partial charge in [0.05, 0.1) is 11.6 Å². The molecule has 1 aromatic carbocycles. The molecular formula is C16H15N3O. The van der Waals surface area contributed by atoms with Crippen molar-refractivity contribution in [2.75, 3.05) is 13.1 Å². The Morgan fingerprint density at radius 3 is 2.95 bits per heavy atom. The highest BCUT2D eigenvalue weighted by Gasteiger charge is 2.17. The van der Waals surface area contributed by atoms with E-state index in [4.69, 9.17) is 5.26 Å². The zero-order chi connectivity index (χ0) is 14.1. The second-order valence-corrected chi connectivity index (χ2v) is 5.02. The lowest BCUT2D eigenvalue weighted by Gasteiger charge is -2.25. The lowest BCUT2D eigenvalue weighted by Crippen LogP contribution is -2.32. The van der Waals surface area contributed by atoms with Gasteiger partial charge in [0.2, 0.25) is 5.91 Å². The van der Waals surface area contributed by atoms with E-state index in [1.165, 1.54) is 5.57 Å². The lowest BCUT2D eigenvalue weighted by molar-refractivity contribution is -0.128. The molecule has 0 saturated heterocycles. The Bertz CT molecular complexity index is 749. The molecule has 1 aromatic heterocycles. The number of carbonyl (C=O) groups excluding carboxylic acids is 1. The average molecular weight is 265 g/mol. The first-order valence-corrected chi connectivity index (χ1v) is 6.65. The summed E-state index contributed by atoms with van der Waals surface area (Å²) in [5.74, 6) is 0.117. The Hall–Kier alpha value is -2.54. The van der Waals surface area contributed by atoms with Gasteiger partial charge >= 0.3 is 0 Å². The van der Waals surface area contributed by atoms with Gasteiger partial charge in [-0.15, -0.1) is 0 Å². The second-order valence-electron chi connectivity index (χ2n) is 5.02. The first kappa shape index (κ1) is 12.5. The van der Waals surface area contributed by atoms with Crippen LogP contribution in [0.1, 0.15) is 24.5 Å². The summed E-state index contributed by atoms with van der Waals surface area (Å²) in [6, 6.07) is 7.84. The fraction of sp³-hybridized carbons (Fsp3) is 0.250. The summed E-state index contributed by atoms with van der Waals surface area (Å²) < 4.78 is 0. The molecule has 1 aliphatic rings. The molecule has 3 rings (SSSR count). The van der Waals surface area contributed by atoms with Crippen LogP contribution in [0.5, 0.6) is 0 Å². The van der Waals surface area contributed by atoms with Gasteiger partial charge in [-0.1, -0.05) is 6.08 Å². The largest absolute Gasteiger partial charge is 0.361 e. The molecule has 100 valence electrons. The standard InChI is InChI=1S/C16H15N3O/c1-11(20)19-6-4-13(5-7-19)15-10-18-16-3-2-12(9-17)8-14(15)16/h2-4,8,10,18H,5-7H2,1H3. The molecule has 2 aromatic rings. The Morgan fingerprint density at radius 2 is 2.30 bits per heavy atom. The molecule has 0 bridgehead atoms. The summed E-state index contributed by atoms with van der Waals surface area (Å²) in [6.45, 7) is 3.02. The quantitative estimate of drug-likeness (QED) is 0.861. The number of carbonyl (C=O) groups is 1. The highest BCUT2D eigenvalue weighted by atomic mass is 16.2. The summed E-state index contributed by atoms with van der Waals surface area (Å²) >= 11 is 0. The Morgan fingerprint density at radius 1 is 1.45 bits per heavy atom. The molecule has 2 heterocycles. The number of aromatic amines is 1. The van der Waals surface area contributed by atoms with Crippen LogP contribution in [0.15, 0.2) is 30.5 Å². The van der Waals surface area contributed by atoms with E-state index in [0.717, 1.165) is 29.4 Å². The minimum absolute atomic E-state index is 0.117. The normalized spacial score (nSPS) is 15.0. The van der Waals surface area contributed by atoms with Gasteiger partial charge in [-0.05, 0) is 30.2 Å². The van der Waals surface area contributed by atoms with E-state index in [1.807, 2.05) is 29.3 Å². The fourth-order valence-corrected chi connectivity index (χ4v) is 2.66. The first-order chi connectivity index (χ1) is 9.69. The monoisotopic (exact) mass is 265 g/mol. The van der Waals surface area contributed by atoms with Crippen LogP contribution >= 0.6 is 0 Å². The van der Waals surface area contributed by atoms with Crippen molar-refractivity contribution in [1.82, 2.24) is 9.88 Å². The maximum Gasteiger partial charge on any atom is 0.219 e. The third kappa shape index (κ3) is 2.08. The van der Waals surface area contributed by atoms with Gasteiger partial charge in [-0.25, -0.2) is 0 Å². The number of nitrogens with one attached hydrogen (secondary N) is 1. The van der Waals surface area contributed by atoms with Crippen LogP contribution in [-0.4, -0.2) is 28.9 Å². The molecule has 0 aliphatic carbocycles. The van der Waals surface area contributed by atoms with E-state index >= 15 is 0 Å². The molecule has 0 radical (unpaired) electrons. The van der Waals surface area contributed by atoms with Gasteiger partial charge in [0, 0.05) is 42.7 Å². The van der Waals surface area contributed by atoms with Crippen molar-refractivity contribution in [2.24, 2.45) is 0 Å². The smallest absolute Gasteiger partial charge is 0.219 e. The molecule has 1 aliphatic heterocycles. The molecule has 1 amide bonds. The van der Waals surface area contributed by atoms with Crippen LogP contribution < -0.4 is 0 Å². The SMILES string of the molecule is CC(=O)N1CC=C(c2c[nH]c3ccc(C#N)cc23)CC1. The number of H-pyrrole nitrogens is 1. The number of hydrogen-bond acceptors (Lipinski definition) is 2. The Labute approximate surface area is 117 Å². The maximum atomic E-state index is 11.3. The number of aromatic nitrogens is 1. The van der Waals surface area contributed by atoms with Gasteiger partial charge in [0.25, 0.3) is 0 Å². The topological polar surface area (TPSA) is 59.9 Å². The van der Waals surface area contributed by atoms with E-state index in [0.29, 0.717) is 12.1 Å². The van der Waals surface area contributed by atoms with Gasteiger partial charge < -0.3 is 9.88 Å². The number of amides is 1. The molecule has 0 fully saturated rings. The van der Waals surface area contributed by atoms with Crippen molar-refractivity contribution >= 4 is 22.4 Å². The predicted molar refractivity (Wildman–Crippen MR) is 77.9 cm³/mol. The molecule has 0 saturated carbocycles. The van der Waals surface area contributed by atoms with Gasteiger partial charge in [0.15, 0.2) is 0 Å². The van der Waals surface area contributed by atoms with Crippen LogP contribution in [0.4, 0.5) is 0 Å². The first-order valence-electron chi connectivity index (χ1n) is 6.65. The van der Waals surface area contributed by atoms with Crippen LogP contribution in [0.2, 0.25) is 0 Å². The van der Waals surface area contributed by atoms with Crippen molar-refractivity contribution in [3.8, 4) is 6.07 Å². The highest BCUT2D eigenvalue weighted by Crippen LogP contribution is 2.29. The molecule has 0 unspecified atom stereocenters. The highest BCUT2D eigenvalue weighted by molar-refractivity contribution is 5.93. The average Bonchev–Trinajstić information content (AvgIpc) is 2.90. The van der Waals surface area contributed by atoms with Crippen molar-refractivity contribution in [2.45, 2.75) is 13.3 Å². The van der Waals surface area contributed by atoms with E-state index in [1.54, 1.807) is 6.92 Å². The van der Waals surface area contributed by atoms with Crippen molar-refractivity contribution in [3.05, 3.63) is 41.6 Å². The number of benzene rings is 1. The second kappa shape index (κ2) is 4.86. The van der Waals surface area contributed by atoms with E-state index in [2.05, 4.69) is 17.1 Å². The van der Waals surface area contributed by atoms with Crippen LogP contribution in [-0.2, 0) is 4.79 Å². The summed E-state index contributed by atoms with van der Waals surface area (Å²) in [6.07, 6.45) is 4.94. The molecule has 4 nitrogen and oxygen atoms in total. The minimum atomic E-state index is 0.117. The summed E-state index contributed by atoms with van der Waals surface area (Å²) in [4.78, 5) is 16.4. The minimum Gasteiger partial charge on any atom is -0.361 e. The van der Waals surface area contributed by atoms with Gasteiger partial charge in [-0.3, -0.25) is 4.79 Å². The molecular weight excluding hydrogens is 250 g/mol. The van der Waals surface area contributed by atoms with Crippen LogP contribution in [0.25, 0.3) is 16.5 Å². The van der Waals surface area contributed by atoms with Gasteiger partial charge in [-0.2, -0.15) is 5.26 Å². The van der Waals surface area contributed by atoms with E-state index < -0.39 is 0 Å². The van der Waals surface area contributed by atoms with Crippen molar-refractivity contribution in [3.63, 3.8) is 0 Å². The number of fused-ring (bicyclic) bond motifs is 1. The number of hydrogen-bond donors (Lipinski definition) is 1. The lowest BCUT2D eigenvalue weighted by atomic mass is 9.98. The third-order valence-corrected chi connectivity index (χ3v) is 3.81. The molecule has 20 heavy (non-hydrogen) atoms.